The first-order chi connectivity index (χ1) is 18.2. The number of hydrogen-bond acceptors (Lipinski definition) is 6. The van der Waals surface area contributed by atoms with E-state index < -0.39 is 10.0 Å². The highest BCUT2D eigenvalue weighted by Crippen LogP contribution is 2.32. The van der Waals surface area contributed by atoms with E-state index in [1.165, 1.54) is 15.3 Å². The molecule has 1 fully saturated rings. The second-order valence-corrected chi connectivity index (χ2v) is 11.7. The average Bonchev–Trinajstić information content (AvgIpc) is 3.56. The van der Waals surface area contributed by atoms with Gasteiger partial charge in [-0.1, -0.05) is 47.3 Å². The summed E-state index contributed by atoms with van der Waals surface area (Å²) in [6.07, 6.45) is 6.89. The van der Waals surface area contributed by atoms with Crippen molar-refractivity contribution in [3.63, 3.8) is 0 Å². The van der Waals surface area contributed by atoms with Gasteiger partial charge in [0.05, 0.1) is 16.9 Å². The predicted octanol–water partition coefficient (Wildman–Crippen LogP) is 4.74. The molecule has 4 aromatic rings. The zero-order valence-corrected chi connectivity index (χ0v) is 22.8. The van der Waals surface area contributed by atoms with Gasteiger partial charge >= 0.3 is 0 Å². The van der Waals surface area contributed by atoms with E-state index >= 15 is 0 Å². The average molecular weight is 574 g/mol. The van der Waals surface area contributed by atoms with E-state index in [1.54, 1.807) is 61.9 Å². The largest absolute Gasteiger partial charge is 0.486 e. The number of ether oxygens (including phenoxy) is 1. The molecule has 0 saturated heterocycles. The molecule has 1 N–H and O–H groups in total. The van der Waals surface area contributed by atoms with Gasteiger partial charge < -0.3 is 9.30 Å². The lowest BCUT2D eigenvalue weighted by Crippen LogP contribution is -2.33. The van der Waals surface area contributed by atoms with Crippen LogP contribution in [0.3, 0.4) is 0 Å². The summed E-state index contributed by atoms with van der Waals surface area (Å²) in [5, 5.41) is 9.14. The Kier molecular flexibility index (Phi) is 7.58. The minimum absolute atomic E-state index is 0.0175. The van der Waals surface area contributed by atoms with Gasteiger partial charge in [-0.3, -0.25) is 4.79 Å². The van der Waals surface area contributed by atoms with Crippen LogP contribution in [0.2, 0.25) is 10.0 Å². The Bertz CT molecular complexity index is 1650. The second-order valence-electron chi connectivity index (χ2n) is 9.17. The topological polar surface area (TPSA) is 108 Å². The molecule has 1 aliphatic rings. The molecule has 1 saturated carbocycles. The molecule has 0 amide bonds. The Morgan fingerprint density at radius 2 is 1.79 bits per heavy atom. The van der Waals surface area contributed by atoms with E-state index in [4.69, 9.17) is 27.9 Å². The lowest BCUT2D eigenvalue weighted by molar-refractivity contribution is 0.293. The van der Waals surface area contributed by atoms with E-state index in [1.807, 2.05) is 0 Å². The third kappa shape index (κ3) is 5.78. The maximum Gasteiger partial charge on any atom is 0.250 e. The highest BCUT2D eigenvalue weighted by Gasteiger charge is 2.26. The van der Waals surface area contributed by atoms with Crippen molar-refractivity contribution < 1.29 is 13.2 Å². The Morgan fingerprint density at radius 3 is 2.53 bits per heavy atom. The summed E-state index contributed by atoms with van der Waals surface area (Å²) in [6.45, 7) is -0.0175. The number of halogens is 2. The monoisotopic (exact) mass is 573 g/mol. The van der Waals surface area contributed by atoms with Gasteiger partial charge in [0.15, 0.2) is 0 Å². The lowest BCUT2D eigenvalue weighted by Gasteiger charge is -2.17. The maximum atomic E-state index is 13.5. The standard InChI is InChI=1S/C26H25Cl2N5O4S/c1-32-14-18(7-11-26(32)34)17-6-10-24(25(12-17)38(35,36)30-20-4-2-3-5-20)37-16-21-15-33(31-29-21)23-9-8-19(27)13-22(23)28/h6-15,20,30H,2-5,16H2,1H3. The van der Waals surface area contributed by atoms with Gasteiger partial charge in [0.25, 0.3) is 0 Å². The van der Waals surface area contributed by atoms with Crippen LogP contribution in [0.1, 0.15) is 31.4 Å². The molecule has 2 aromatic carbocycles. The molecular formula is C26H25Cl2N5O4S. The fourth-order valence-corrected chi connectivity index (χ4v) is 6.38. The maximum absolute atomic E-state index is 13.5. The highest BCUT2D eigenvalue weighted by atomic mass is 35.5. The minimum atomic E-state index is -3.89. The van der Waals surface area contributed by atoms with E-state index in [-0.39, 0.29) is 28.9 Å². The van der Waals surface area contributed by atoms with Gasteiger partial charge in [0.2, 0.25) is 15.6 Å². The van der Waals surface area contributed by atoms with Crippen molar-refractivity contribution in [3.8, 4) is 22.6 Å². The quantitative estimate of drug-likeness (QED) is 0.326. The molecule has 12 heteroatoms. The number of nitrogens with one attached hydrogen (secondary N) is 1. The molecule has 0 aliphatic heterocycles. The van der Waals surface area contributed by atoms with Crippen LogP contribution >= 0.6 is 23.2 Å². The van der Waals surface area contributed by atoms with E-state index in [9.17, 15) is 13.2 Å². The highest BCUT2D eigenvalue weighted by molar-refractivity contribution is 7.89. The van der Waals surface area contributed by atoms with Crippen LogP contribution in [0.5, 0.6) is 5.75 Å². The SMILES string of the molecule is Cn1cc(-c2ccc(OCc3cn(-c4ccc(Cl)cc4Cl)nn3)c(S(=O)(=O)NC3CCCC3)c2)ccc1=O. The summed E-state index contributed by atoms with van der Waals surface area (Å²) in [7, 11) is -2.24. The van der Waals surface area contributed by atoms with Gasteiger partial charge in [-0.05, 0) is 60.4 Å². The van der Waals surface area contributed by atoms with Gasteiger partial charge in [-0.15, -0.1) is 5.10 Å². The van der Waals surface area contributed by atoms with Gasteiger partial charge in [0, 0.05) is 30.4 Å². The molecule has 9 nitrogen and oxygen atoms in total. The van der Waals surface area contributed by atoms with Crippen LogP contribution in [0.25, 0.3) is 16.8 Å². The van der Waals surface area contributed by atoms with Crippen LogP contribution in [-0.4, -0.2) is 34.0 Å². The molecule has 1 aliphatic carbocycles. The predicted molar refractivity (Wildman–Crippen MR) is 145 cm³/mol. The van der Waals surface area contributed by atoms with E-state index in [0.29, 0.717) is 32.6 Å². The van der Waals surface area contributed by atoms with Crippen LogP contribution < -0.4 is 15.0 Å². The number of benzene rings is 2. The second kappa shape index (κ2) is 10.9. The van der Waals surface area contributed by atoms with Crippen molar-refractivity contribution in [1.29, 1.82) is 0 Å². The fourth-order valence-electron chi connectivity index (χ4n) is 4.41. The zero-order chi connectivity index (χ0) is 26.9. The van der Waals surface area contributed by atoms with Crippen molar-refractivity contribution in [2.75, 3.05) is 0 Å². The number of pyridine rings is 1. The third-order valence-electron chi connectivity index (χ3n) is 6.40. The number of nitrogens with zero attached hydrogens (tertiary/aromatic N) is 4. The van der Waals surface area contributed by atoms with E-state index in [2.05, 4.69) is 15.0 Å². The molecule has 2 heterocycles. The first kappa shape index (κ1) is 26.4. The van der Waals surface area contributed by atoms with Gasteiger partial charge in [-0.2, -0.15) is 0 Å². The third-order valence-corrected chi connectivity index (χ3v) is 8.48. The number of hydrogen-bond donors (Lipinski definition) is 1. The summed E-state index contributed by atoms with van der Waals surface area (Å²) in [6, 6.07) is 13.0. The summed E-state index contributed by atoms with van der Waals surface area (Å²) in [5.74, 6) is 0.183. The summed E-state index contributed by atoms with van der Waals surface area (Å²) >= 11 is 12.3. The van der Waals surface area contributed by atoms with Gasteiger partial charge in [-0.25, -0.2) is 17.8 Å². The summed E-state index contributed by atoms with van der Waals surface area (Å²) in [4.78, 5) is 11.9. The van der Waals surface area contributed by atoms with Crippen molar-refractivity contribution in [1.82, 2.24) is 24.3 Å². The van der Waals surface area contributed by atoms with E-state index in [0.717, 1.165) is 25.7 Å². The summed E-state index contributed by atoms with van der Waals surface area (Å²) < 4.78 is 38.7. The number of rotatable bonds is 8. The first-order valence-electron chi connectivity index (χ1n) is 12.0. The number of sulfonamides is 1. The molecular weight excluding hydrogens is 549 g/mol. The molecule has 0 spiro atoms. The Labute approximate surface area is 230 Å². The molecule has 0 bridgehead atoms. The van der Waals surface area contributed by atoms with Crippen molar-refractivity contribution in [2.45, 2.75) is 43.2 Å². The molecule has 0 unspecified atom stereocenters. The van der Waals surface area contributed by atoms with Gasteiger partial charge in [0.1, 0.15) is 22.9 Å². The fraction of sp³-hybridized carbons (Fsp3) is 0.269. The molecule has 198 valence electrons. The molecule has 0 radical (unpaired) electrons. The van der Waals surface area contributed by atoms with Crippen LogP contribution in [0.4, 0.5) is 0 Å². The molecule has 2 aromatic heterocycles. The van der Waals surface area contributed by atoms with Crippen molar-refractivity contribution >= 4 is 33.2 Å². The first-order valence-corrected chi connectivity index (χ1v) is 14.3. The smallest absolute Gasteiger partial charge is 0.250 e. The normalized spacial score (nSPS) is 14.2. The molecule has 38 heavy (non-hydrogen) atoms. The van der Waals surface area contributed by atoms with Crippen LogP contribution in [0.15, 0.2) is 70.6 Å². The lowest BCUT2D eigenvalue weighted by atomic mass is 10.1. The minimum Gasteiger partial charge on any atom is -0.486 e. The molecule has 0 atom stereocenters. The molecule has 5 rings (SSSR count). The number of aryl methyl sites for hydroxylation is 1. The zero-order valence-electron chi connectivity index (χ0n) is 20.5. The van der Waals surface area contributed by atoms with Crippen molar-refractivity contribution in [3.05, 3.63) is 87.0 Å². The Hall–Kier alpha value is -3.18. The van der Waals surface area contributed by atoms with Crippen LogP contribution in [-0.2, 0) is 23.7 Å². The Morgan fingerprint density at radius 1 is 1.03 bits per heavy atom. The number of aromatic nitrogens is 4. The van der Waals surface area contributed by atoms with Crippen molar-refractivity contribution in [2.24, 2.45) is 7.05 Å². The Balaban J connectivity index is 1.44. The van der Waals surface area contributed by atoms with Crippen LogP contribution in [0, 0.1) is 0 Å². The summed E-state index contributed by atoms with van der Waals surface area (Å²) in [5.41, 5.74) is 2.27.